The maximum atomic E-state index is 10.7. The minimum Gasteiger partial charge on any atom is -0.478 e. The van der Waals surface area contributed by atoms with Crippen LogP contribution in [0.5, 0.6) is 0 Å². The van der Waals surface area contributed by atoms with Crippen LogP contribution in [0.15, 0.2) is 59.5 Å². The molecule has 0 fully saturated rings. The van der Waals surface area contributed by atoms with Gasteiger partial charge in [-0.05, 0) is 29.8 Å². The molecule has 0 heterocycles. The summed E-state index contributed by atoms with van der Waals surface area (Å²) in [7, 11) is 0. The fourth-order valence-electron chi connectivity index (χ4n) is 1.76. The number of thioether (sulfide) groups is 1. The van der Waals surface area contributed by atoms with E-state index in [0.29, 0.717) is 5.56 Å². The van der Waals surface area contributed by atoms with Crippen molar-refractivity contribution in [2.24, 2.45) is 0 Å². The molecule has 0 aliphatic heterocycles. The second-order valence-electron chi connectivity index (χ2n) is 4.34. The molecule has 0 aliphatic carbocycles. The molecule has 0 radical (unpaired) electrons. The molecule has 0 bridgehead atoms. The summed E-state index contributed by atoms with van der Waals surface area (Å²) >= 11 is 1.82. The summed E-state index contributed by atoms with van der Waals surface area (Å²) in [6, 6.07) is 17.3. The third-order valence-electron chi connectivity index (χ3n) is 2.82. The number of benzene rings is 2. The van der Waals surface area contributed by atoms with Gasteiger partial charge in [0.15, 0.2) is 0 Å². The summed E-state index contributed by atoms with van der Waals surface area (Å²) in [5.74, 6) is 0.126. The molecule has 2 N–H and O–H groups in total. The van der Waals surface area contributed by atoms with Crippen molar-refractivity contribution in [2.75, 3.05) is 12.3 Å². The highest BCUT2D eigenvalue weighted by Crippen LogP contribution is 2.15. The Bertz CT molecular complexity index is 540. The number of carboxylic acids is 1. The van der Waals surface area contributed by atoms with Crippen LogP contribution < -0.4 is 5.32 Å². The van der Waals surface area contributed by atoms with Crippen molar-refractivity contribution in [2.45, 2.75) is 11.4 Å². The van der Waals surface area contributed by atoms with Crippen LogP contribution >= 0.6 is 11.8 Å². The number of nitrogens with one attached hydrogen (secondary N) is 1. The number of aromatic carboxylic acids is 1. The second-order valence-corrected chi connectivity index (χ2v) is 5.51. The number of hydrogen-bond acceptors (Lipinski definition) is 3. The lowest BCUT2D eigenvalue weighted by molar-refractivity contribution is 0.0697. The van der Waals surface area contributed by atoms with Crippen LogP contribution in [0.4, 0.5) is 0 Å². The van der Waals surface area contributed by atoms with Gasteiger partial charge in [0.2, 0.25) is 0 Å². The lowest BCUT2D eigenvalue weighted by atomic mass is 10.1. The van der Waals surface area contributed by atoms with E-state index in [-0.39, 0.29) is 0 Å². The number of rotatable bonds is 7. The highest BCUT2D eigenvalue weighted by Gasteiger charge is 2.01. The van der Waals surface area contributed by atoms with Crippen molar-refractivity contribution in [1.29, 1.82) is 0 Å². The minimum absolute atomic E-state index is 0.327. The molecule has 0 aromatic heterocycles. The summed E-state index contributed by atoms with van der Waals surface area (Å²) in [5.41, 5.74) is 1.42. The summed E-state index contributed by atoms with van der Waals surface area (Å²) < 4.78 is 0. The fourth-order valence-corrected chi connectivity index (χ4v) is 2.59. The zero-order valence-electron chi connectivity index (χ0n) is 11.1. The predicted molar refractivity (Wildman–Crippen MR) is 82.3 cm³/mol. The van der Waals surface area contributed by atoms with Gasteiger partial charge in [0.25, 0.3) is 0 Å². The van der Waals surface area contributed by atoms with Gasteiger partial charge in [-0.15, -0.1) is 11.8 Å². The molecule has 0 saturated carbocycles. The van der Waals surface area contributed by atoms with Crippen molar-refractivity contribution >= 4 is 17.7 Å². The molecule has 0 unspecified atom stereocenters. The van der Waals surface area contributed by atoms with Crippen LogP contribution in [0.3, 0.4) is 0 Å². The Kier molecular flexibility index (Phi) is 5.65. The molecular formula is C16H17NO2S. The quantitative estimate of drug-likeness (QED) is 0.606. The van der Waals surface area contributed by atoms with Gasteiger partial charge >= 0.3 is 5.97 Å². The summed E-state index contributed by atoms with van der Waals surface area (Å²) in [4.78, 5) is 12.0. The van der Waals surface area contributed by atoms with E-state index in [0.717, 1.165) is 24.4 Å². The Morgan fingerprint density at radius 1 is 1.05 bits per heavy atom. The van der Waals surface area contributed by atoms with Crippen LogP contribution in [0.25, 0.3) is 0 Å². The topological polar surface area (TPSA) is 49.3 Å². The minimum atomic E-state index is -0.885. The van der Waals surface area contributed by atoms with Gasteiger partial charge in [0.1, 0.15) is 0 Å². The van der Waals surface area contributed by atoms with Crippen LogP contribution in [-0.2, 0) is 6.54 Å². The van der Waals surface area contributed by atoms with Gasteiger partial charge in [0.05, 0.1) is 5.56 Å². The summed E-state index contributed by atoms with van der Waals surface area (Å²) in [5, 5.41) is 12.2. The van der Waals surface area contributed by atoms with Crippen molar-refractivity contribution in [3.05, 3.63) is 65.7 Å². The van der Waals surface area contributed by atoms with E-state index >= 15 is 0 Å². The maximum Gasteiger partial charge on any atom is 0.335 e. The van der Waals surface area contributed by atoms with E-state index in [1.165, 1.54) is 4.90 Å². The SMILES string of the molecule is O=C(O)c1ccc(CNCCSc2ccccc2)cc1. The molecule has 0 spiro atoms. The van der Waals surface area contributed by atoms with Crippen molar-refractivity contribution in [3.8, 4) is 0 Å². The maximum absolute atomic E-state index is 10.7. The van der Waals surface area contributed by atoms with E-state index in [2.05, 4.69) is 17.4 Å². The van der Waals surface area contributed by atoms with Gasteiger partial charge in [-0.1, -0.05) is 30.3 Å². The monoisotopic (exact) mass is 287 g/mol. The van der Waals surface area contributed by atoms with E-state index in [9.17, 15) is 4.79 Å². The van der Waals surface area contributed by atoms with E-state index in [1.54, 1.807) is 12.1 Å². The Balaban J connectivity index is 1.67. The molecular weight excluding hydrogens is 270 g/mol. The van der Waals surface area contributed by atoms with Gasteiger partial charge < -0.3 is 10.4 Å². The van der Waals surface area contributed by atoms with Crippen LogP contribution in [-0.4, -0.2) is 23.4 Å². The largest absolute Gasteiger partial charge is 0.478 e. The molecule has 20 heavy (non-hydrogen) atoms. The first-order valence-corrected chi connectivity index (χ1v) is 7.45. The van der Waals surface area contributed by atoms with E-state index in [4.69, 9.17) is 5.11 Å². The number of carboxylic acid groups (broad SMARTS) is 1. The zero-order chi connectivity index (χ0) is 14.2. The molecule has 0 atom stereocenters. The molecule has 0 saturated heterocycles. The molecule has 104 valence electrons. The lowest BCUT2D eigenvalue weighted by Gasteiger charge is -2.05. The average molecular weight is 287 g/mol. The lowest BCUT2D eigenvalue weighted by Crippen LogP contribution is -2.16. The Hall–Kier alpha value is -1.78. The fraction of sp³-hybridized carbons (Fsp3) is 0.188. The van der Waals surface area contributed by atoms with Crippen molar-refractivity contribution < 1.29 is 9.90 Å². The van der Waals surface area contributed by atoms with Gasteiger partial charge in [-0.25, -0.2) is 4.79 Å². The molecule has 2 aromatic carbocycles. The summed E-state index contributed by atoms with van der Waals surface area (Å²) in [6.07, 6.45) is 0. The van der Waals surface area contributed by atoms with Gasteiger partial charge in [-0.2, -0.15) is 0 Å². The normalized spacial score (nSPS) is 10.4. The predicted octanol–water partition coefficient (Wildman–Crippen LogP) is 3.27. The smallest absolute Gasteiger partial charge is 0.335 e. The van der Waals surface area contributed by atoms with Crippen molar-refractivity contribution in [3.63, 3.8) is 0 Å². The molecule has 0 aliphatic rings. The third kappa shape index (κ3) is 4.72. The van der Waals surface area contributed by atoms with Gasteiger partial charge in [-0.3, -0.25) is 0 Å². The standard InChI is InChI=1S/C16H17NO2S/c18-16(19)14-8-6-13(7-9-14)12-17-10-11-20-15-4-2-1-3-5-15/h1-9,17H,10-12H2,(H,18,19). The van der Waals surface area contributed by atoms with Crippen LogP contribution in [0.2, 0.25) is 0 Å². The highest BCUT2D eigenvalue weighted by molar-refractivity contribution is 7.99. The summed E-state index contributed by atoms with van der Waals surface area (Å²) in [6.45, 7) is 1.68. The zero-order valence-corrected chi connectivity index (χ0v) is 11.9. The average Bonchev–Trinajstić information content (AvgIpc) is 2.48. The van der Waals surface area contributed by atoms with E-state index < -0.39 is 5.97 Å². The molecule has 4 heteroatoms. The second kappa shape index (κ2) is 7.72. The number of hydrogen-bond donors (Lipinski definition) is 2. The van der Waals surface area contributed by atoms with E-state index in [1.807, 2.05) is 42.1 Å². The first-order chi connectivity index (χ1) is 9.75. The molecule has 3 nitrogen and oxygen atoms in total. The number of carbonyl (C=O) groups is 1. The van der Waals surface area contributed by atoms with Crippen molar-refractivity contribution in [1.82, 2.24) is 5.32 Å². The van der Waals surface area contributed by atoms with Gasteiger partial charge in [0, 0.05) is 23.7 Å². The molecule has 2 rings (SSSR count). The Labute approximate surface area is 123 Å². The van der Waals surface area contributed by atoms with Crippen LogP contribution in [0.1, 0.15) is 15.9 Å². The Morgan fingerprint density at radius 3 is 2.40 bits per heavy atom. The van der Waals surface area contributed by atoms with Crippen LogP contribution in [0, 0.1) is 0 Å². The molecule has 0 amide bonds. The molecule has 2 aromatic rings. The first kappa shape index (κ1) is 14.6. The highest BCUT2D eigenvalue weighted by atomic mass is 32.2. The Morgan fingerprint density at radius 2 is 1.75 bits per heavy atom. The third-order valence-corrected chi connectivity index (χ3v) is 3.83. The first-order valence-electron chi connectivity index (χ1n) is 6.46.